The van der Waals surface area contributed by atoms with E-state index in [1.807, 2.05) is 84.3 Å². The number of para-hydroxylation sites is 2. The van der Waals surface area contributed by atoms with Gasteiger partial charge in [-0.05, 0) is 129 Å². The van der Waals surface area contributed by atoms with E-state index in [0.717, 1.165) is 22.8 Å². The number of nitrogens with two attached hydrogens (primary N) is 1. The van der Waals surface area contributed by atoms with E-state index in [1.54, 1.807) is 91.0 Å². The second kappa shape index (κ2) is 35.8. The Morgan fingerprint density at radius 2 is 1.35 bits per heavy atom. The van der Waals surface area contributed by atoms with Crippen molar-refractivity contribution in [3.05, 3.63) is 205 Å². The third kappa shape index (κ3) is 18.1. The van der Waals surface area contributed by atoms with Crippen molar-refractivity contribution in [2.75, 3.05) is 42.4 Å². The number of nitrogen functional groups attached to an aromatic ring is 1. The minimum absolute atomic E-state index is 0.00134. The van der Waals surface area contributed by atoms with Crippen LogP contribution in [0.15, 0.2) is 171 Å². The fraction of sp³-hybridized carbons (Fsp3) is 0.325. The van der Waals surface area contributed by atoms with Crippen LogP contribution in [0.4, 0.5) is 30.9 Å². The molecule has 2 radical (unpaired) electrons. The molecular formula is C83H80BF2N17O18P2S. The van der Waals surface area contributed by atoms with E-state index < -0.39 is 100 Å². The Morgan fingerprint density at radius 1 is 0.710 bits per heavy atom. The number of aromatic nitrogens is 14. The molecule has 0 bridgehead atoms. The molecule has 0 aliphatic carbocycles. The molecule has 35 nitrogen and oxygen atoms in total. The minimum atomic E-state index is -4.75. The number of esters is 2. The maximum Gasteiger partial charge on any atom is 0.413 e. The van der Waals surface area contributed by atoms with E-state index in [1.165, 1.54) is 40.2 Å². The number of halogens is 2. The molecular weight excluding hydrogens is 1670 g/mol. The first-order valence-corrected chi connectivity index (χ1v) is 44.4. The van der Waals surface area contributed by atoms with Gasteiger partial charge in [-0.1, -0.05) is 90.1 Å². The van der Waals surface area contributed by atoms with Gasteiger partial charge in [-0.15, -0.1) is 5.10 Å². The molecule has 11 heterocycles. The zero-order chi connectivity index (χ0) is 86.1. The number of nitrogens with one attached hydrogen (secondary N) is 1. The molecule has 638 valence electrons. The molecule has 41 heteroatoms. The van der Waals surface area contributed by atoms with Crippen molar-refractivity contribution in [2.24, 2.45) is 0 Å². The Hall–Kier alpha value is -11.9. The molecule has 3 fully saturated rings. The van der Waals surface area contributed by atoms with Gasteiger partial charge in [0.2, 0.25) is 13.5 Å². The van der Waals surface area contributed by atoms with Crippen LogP contribution in [0.5, 0.6) is 17.2 Å². The van der Waals surface area contributed by atoms with E-state index in [0.29, 0.717) is 110 Å². The monoisotopic (exact) mass is 1750 g/mol. The van der Waals surface area contributed by atoms with E-state index in [-0.39, 0.29) is 104 Å². The van der Waals surface area contributed by atoms with Crippen molar-refractivity contribution in [3.8, 4) is 39.8 Å². The average molecular weight is 1750 g/mol. The number of alkyl halides is 2. The van der Waals surface area contributed by atoms with Crippen LogP contribution in [-0.2, 0) is 94.4 Å². The normalized spacial score (nSPS) is 21.5. The van der Waals surface area contributed by atoms with Crippen LogP contribution in [-0.4, -0.2) is 174 Å². The summed E-state index contributed by atoms with van der Waals surface area (Å²) in [5.74, 6) is 0.170. The number of carbonyl (C=O) groups excluding carboxylic acids is 4. The predicted octanol–water partition coefficient (Wildman–Crippen LogP) is 13.4. The van der Waals surface area contributed by atoms with Crippen molar-refractivity contribution in [2.45, 2.75) is 147 Å². The highest BCUT2D eigenvalue weighted by Crippen LogP contribution is 2.65. The third-order valence-corrected chi connectivity index (χ3v) is 25.7. The molecule has 17 rings (SSSR count). The summed E-state index contributed by atoms with van der Waals surface area (Å²) in [6.45, 7) is 2.11. The number of aliphatic hydroxyl groups is 1. The van der Waals surface area contributed by atoms with Crippen LogP contribution in [0, 0.1) is 6.92 Å². The first-order chi connectivity index (χ1) is 59.9. The van der Waals surface area contributed by atoms with Gasteiger partial charge in [-0.2, -0.15) is 0 Å². The highest BCUT2D eigenvalue weighted by Gasteiger charge is 2.55. The number of fused-ring (bicyclic) bond motifs is 12. The highest BCUT2D eigenvalue weighted by atomic mass is 32.7. The fourth-order valence-electron chi connectivity index (χ4n) is 15.1. The molecule has 0 spiro atoms. The summed E-state index contributed by atoms with van der Waals surface area (Å²) in [5, 5.41) is 23.7. The summed E-state index contributed by atoms with van der Waals surface area (Å²) in [5.41, 5.74) is 13.5. The summed E-state index contributed by atoms with van der Waals surface area (Å²) < 4.78 is 134. The zero-order valence-electron chi connectivity index (χ0n) is 67.0. The average Bonchev–Trinajstić information content (AvgIpc) is 1.31. The second-order valence-electron chi connectivity index (χ2n) is 30.2. The van der Waals surface area contributed by atoms with Gasteiger partial charge in [0.25, 0.3) is 7.47 Å². The van der Waals surface area contributed by atoms with Crippen LogP contribution in [0.3, 0.4) is 0 Å². The smallest absolute Gasteiger partial charge is 0.413 e. The van der Waals surface area contributed by atoms with Crippen LogP contribution in [0.1, 0.15) is 97.5 Å². The lowest BCUT2D eigenvalue weighted by Crippen LogP contribution is -2.37. The first kappa shape index (κ1) is 84.4. The quantitative estimate of drug-likeness (QED) is 0.0157. The Balaban J connectivity index is 0.498. The van der Waals surface area contributed by atoms with Crippen LogP contribution >= 0.6 is 25.7 Å². The lowest BCUT2D eigenvalue weighted by molar-refractivity contribution is -0.134. The Kier molecular flexibility index (Phi) is 24.3. The standard InChI is InChI=1S/C83H80BF2N17O18P2S/c1-5-111-40-62-95-69-71(100(62)42-83(3,4)108)56-16-8-10-18-58(56)94-76(69)96-82(107)113-37-48-22-28-53(29-23-48)116-64(105)21-13-12-20-63(104)99-36-51-14-6-7-15-55(51)68-72(57-17-9-11-19-59(57)99)103(98-97-68)34-35-112-52-32-26-50(27-33-52)81(106)117-54-30-24-49(25-31-54)41-124-123(110)115-39-61-73(65(85)79(119-61)102-46-93-70-75(87)89-44-91-78(70)102)120-122(84,109)114-38-60-74(121-123)66(86)80(118-60)101-45-92-67-47(2)88-43-90-77(67)101/h6-11,14-19,22-33,43-46,60-61,65-66,73-74,79-80,108H,5,12-13,20-21,34-42H2,1-4H3,(H2,87,89,91)(H,94,96,107)/t60-,61-,65-,66-,73-,74-,79-,80-,122-,123+/m1/s1. The van der Waals surface area contributed by atoms with E-state index in [4.69, 9.17) is 74.5 Å². The molecule has 6 aromatic carbocycles. The lowest BCUT2D eigenvalue weighted by atomic mass is 9.95. The third-order valence-electron chi connectivity index (χ3n) is 21.0. The second-order valence-corrected chi connectivity index (χ2v) is 35.8. The summed E-state index contributed by atoms with van der Waals surface area (Å²) in [6, 6.07) is 41.9. The summed E-state index contributed by atoms with van der Waals surface area (Å²) >= 11 is 0.656. The highest BCUT2D eigenvalue weighted by molar-refractivity contribution is 8.54. The molecule has 13 aromatic rings. The van der Waals surface area contributed by atoms with E-state index in [9.17, 15) is 28.8 Å². The summed E-state index contributed by atoms with van der Waals surface area (Å²) in [4.78, 5) is 91.2. The Labute approximate surface area is 710 Å². The van der Waals surface area contributed by atoms with Gasteiger partial charge in [-0.25, -0.2) is 67.5 Å². The molecule has 7 aromatic heterocycles. The molecule has 2 amide bonds. The van der Waals surface area contributed by atoms with Crippen molar-refractivity contribution in [1.29, 1.82) is 0 Å². The number of amides is 2. The molecule has 4 N–H and O–H groups in total. The van der Waals surface area contributed by atoms with Gasteiger partial charge in [0, 0.05) is 41.7 Å². The molecule has 0 saturated carbocycles. The zero-order valence-corrected chi connectivity index (χ0v) is 69.6. The van der Waals surface area contributed by atoms with Gasteiger partial charge < -0.3 is 62.5 Å². The topological polar surface area (TPSA) is 414 Å². The first-order valence-electron chi connectivity index (χ1n) is 39.6. The van der Waals surface area contributed by atoms with Crippen LogP contribution in [0.25, 0.3) is 66.8 Å². The number of unbranched alkanes of at least 4 members (excludes halogenated alkanes) is 1. The van der Waals surface area contributed by atoms with Crippen molar-refractivity contribution >= 4 is 119 Å². The van der Waals surface area contributed by atoms with Gasteiger partial charge in [0.15, 0.2) is 47.7 Å². The molecule has 124 heavy (non-hydrogen) atoms. The van der Waals surface area contributed by atoms with Crippen molar-refractivity contribution < 1.29 is 93.4 Å². The molecule has 10 atom stereocenters. The molecule has 3 saturated heterocycles. The van der Waals surface area contributed by atoms with Crippen LogP contribution < -0.4 is 30.2 Å². The van der Waals surface area contributed by atoms with E-state index in [2.05, 4.69) is 45.5 Å². The maximum absolute atomic E-state index is 17.2. The minimum Gasteiger partial charge on any atom is -0.492 e. The van der Waals surface area contributed by atoms with Gasteiger partial charge in [0.05, 0.1) is 84.8 Å². The summed E-state index contributed by atoms with van der Waals surface area (Å²) in [7, 11) is 1.35. The summed E-state index contributed by atoms with van der Waals surface area (Å²) in [6.07, 6.45) is -8.86. The number of aryl methyl sites for hydroxylation is 1. The Morgan fingerprint density at radius 3 is 2.10 bits per heavy atom. The van der Waals surface area contributed by atoms with Gasteiger partial charge >= 0.3 is 24.8 Å². The number of imidazole rings is 3. The number of pyridine rings is 1. The van der Waals surface area contributed by atoms with Crippen LogP contribution in [0.2, 0.25) is 0 Å². The number of carbonyl (C=O) groups is 4. The number of anilines is 3. The number of hydrogen-bond donors (Lipinski definition) is 3. The molecule has 0 unspecified atom stereocenters. The number of nitrogens with zero attached hydrogens (tertiary/aromatic N) is 15. The Bertz CT molecular complexity index is 6290. The lowest BCUT2D eigenvalue weighted by Gasteiger charge is -2.30. The number of ether oxygens (including phenoxy) is 7. The molecule has 4 aliphatic rings. The predicted molar refractivity (Wildman–Crippen MR) is 448 cm³/mol. The van der Waals surface area contributed by atoms with Gasteiger partial charge in [-0.3, -0.25) is 37.7 Å². The number of rotatable bonds is 25. The van der Waals surface area contributed by atoms with Crippen molar-refractivity contribution in [3.63, 3.8) is 0 Å². The van der Waals surface area contributed by atoms with E-state index >= 15 is 13.3 Å². The number of hydrogen-bond acceptors (Lipinski definition) is 30. The van der Waals surface area contributed by atoms with Crippen molar-refractivity contribution in [1.82, 2.24) is 68.6 Å². The largest absolute Gasteiger partial charge is 0.492 e. The maximum atomic E-state index is 17.2. The van der Waals surface area contributed by atoms with Gasteiger partial charge in [0.1, 0.15) is 102 Å². The molecule has 4 aliphatic heterocycles. The number of benzene rings is 6. The SMILES string of the molecule is [B][P@@]1(=O)OC[C@H]2O[C@@H](n3cnc4c(C)ncnc43)[C@H](F)[C@@H]2O[P@@](=O)(SCc2ccc(OC(=O)c3ccc(OCCn4nnc5c4-c4ccccc4N(C(=O)CCCCC(=O)Oc4ccc(COC(=O)Nc6nc7ccccc7c7c6nc(COCC)n7CC(C)(C)O)cc4)Cc4ccccc4-5)cc3)cc2)OC[C@H]2O[C@@H](n3cnc4c(N)ncnc43)[C@H](F)[C@@H]2O1. The fourth-order valence-corrected chi connectivity index (χ4v) is 19.5.